The van der Waals surface area contributed by atoms with Crippen LogP contribution in [0.5, 0.6) is 5.75 Å². The van der Waals surface area contributed by atoms with Crippen LogP contribution in [0.15, 0.2) is 41.8 Å². The maximum absolute atomic E-state index is 11.7. The SMILES string of the molecule is CC(=O)[O-].CC(=O)[O-].O=C(N/N=C/c1cc(Cl)cc(Cl)c1O)c1ccncc1.[Co+2]. The summed E-state index contributed by atoms with van der Waals surface area (Å²) in [6, 6.07) is 5.99. The first-order valence-electron chi connectivity index (χ1n) is 7.31. The van der Waals surface area contributed by atoms with E-state index in [0.717, 1.165) is 13.8 Å². The third-order valence-electron chi connectivity index (χ3n) is 2.37. The Labute approximate surface area is 186 Å². The molecule has 0 aliphatic heterocycles. The number of phenolic OH excluding ortho intramolecular Hbond substituents is 1. The van der Waals surface area contributed by atoms with Gasteiger partial charge in [0.15, 0.2) is 0 Å². The van der Waals surface area contributed by atoms with Gasteiger partial charge in [-0.25, -0.2) is 5.43 Å². The molecule has 0 aliphatic rings. The van der Waals surface area contributed by atoms with Gasteiger partial charge in [-0.2, -0.15) is 5.10 Å². The third-order valence-corrected chi connectivity index (χ3v) is 2.88. The Morgan fingerprint density at radius 2 is 1.59 bits per heavy atom. The van der Waals surface area contributed by atoms with Crippen LogP contribution < -0.4 is 15.6 Å². The molecule has 0 fully saturated rings. The zero-order valence-electron chi connectivity index (χ0n) is 15.0. The van der Waals surface area contributed by atoms with Crippen molar-refractivity contribution in [3.8, 4) is 5.75 Å². The van der Waals surface area contributed by atoms with Gasteiger partial charge in [-0.05, 0) is 38.1 Å². The topological polar surface area (TPSA) is 155 Å². The summed E-state index contributed by atoms with van der Waals surface area (Å²) in [6.07, 6.45) is 4.26. The van der Waals surface area contributed by atoms with Gasteiger partial charge in [-0.15, -0.1) is 0 Å². The number of aromatic hydroxyl groups is 1. The van der Waals surface area contributed by atoms with Gasteiger partial charge in [0.25, 0.3) is 5.91 Å². The summed E-state index contributed by atoms with van der Waals surface area (Å²) in [5.41, 5.74) is 3.04. The number of carbonyl (C=O) groups is 3. The van der Waals surface area contributed by atoms with Crippen LogP contribution in [0.1, 0.15) is 29.8 Å². The number of hydrogen-bond donors (Lipinski definition) is 2. The minimum absolute atomic E-state index is 0. The molecule has 1 aromatic carbocycles. The molecule has 157 valence electrons. The van der Waals surface area contributed by atoms with Crippen LogP contribution in [0.4, 0.5) is 0 Å². The van der Waals surface area contributed by atoms with Gasteiger partial charge in [-0.1, -0.05) is 23.2 Å². The van der Waals surface area contributed by atoms with Crippen LogP contribution in [-0.2, 0) is 26.4 Å². The Morgan fingerprint density at radius 3 is 2.07 bits per heavy atom. The van der Waals surface area contributed by atoms with Crippen molar-refractivity contribution < 1.29 is 46.5 Å². The van der Waals surface area contributed by atoms with Crippen molar-refractivity contribution in [2.75, 3.05) is 0 Å². The first-order valence-corrected chi connectivity index (χ1v) is 8.06. The van der Waals surface area contributed by atoms with E-state index in [2.05, 4.69) is 15.5 Å². The van der Waals surface area contributed by atoms with Gasteiger partial charge in [0, 0.05) is 40.5 Å². The molecule has 0 saturated carbocycles. The molecule has 1 aromatic heterocycles. The summed E-state index contributed by atoms with van der Waals surface area (Å²) < 4.78 is 0. The molecule has 0 unspecified atom stereocenters. The zero-order valence-corrected chi connectivity index (χ0v) is 17.6. The van der Waals surface area contributed by atoms with Gasteiger partial charge < -0.3 is 24.9 Å². The number of carboxylic acid groups (broad SMARTS) is 2. The minimum Gasteiger partial charge on any atom is -0.550 e. The summed E-state index contributed by atoms with van der Waals surface area (Å²) in [7, 11) is 0. The van der Waals surface area contributed by atoms with E-state index < -0.39 is 17.8 Å². The number of benzene rings is 1. The van der Waals surface area contributed by atoms with Gasteiger partial charge in [0.1, 0.15) is 5.75 Å². The van der Waals surface area contributed by atoms with E-state index in [1.807, 2.05) is 0 Å². The fourth-order valence-corrected chi connectivity index (χ4v) is 1.92. The Balaban J connectivity index is 0. The average molecular weight is 487 g/mol. The van der Waals surface area contributed by atoms with E-state index >= 15 is 0 Å². The second-order valence-electron chi connectivity index (χ2n) is 4.74. The number of carbonyl (C=O) groups excluding carboxylic acids is 3. The van der Waals surface area contributed by atoms with E-state index in [0.29, 0.717) is 16.1 Å². The number of nitrogens with one attached hydrogen (secondary N) is 1. The number of hydrazone groups is 1. The fraction of sp³-hybridized carbons (Fsp3) is 0.118. The predicted octanol–water partition coefficient (Wildman–Crippen LogP) is 0.368. The van der Waals surface area contributed by atoms with Crippen LogP contribution in [0.2, 0.25) is 10.0 Å². The van der Waals surface area contributed by atoms with Crippen molar-refractivity contribution in [1.82, 2.24) is 10.4 Å². The summed E-state index contributed by atoms with van der Waals surface area (Å²) in [6.45, 7) is 1.94. The van der Waals surface area contributed by atoms with Crippen molar-refractivity contribution in [2.45, 2.75) is 13.8 Å². The van der Waals surface area contributed by atoms with Crippen molar-refractivity contribution in [3.05, 3.63) is 57.8 Å². The number of phenols is 1. The maximum atomic E-state index is 11.7. The van der Waals surface area contributed by atoms with E-state index in [9.17, 15) is 9.90 Å². The molecule has 0 bridgehead atoms. The Morgan fingerprint density at radius 1 is 1.10 bits per heavy atom. The van der Waals surface area contributed by atoms with Gasteiger partial charge in [0.05, 0.1) is 11.2 Å². The number of carboxylic acids is 2. The molecule has 0 saturated heterocycles. The number of nitrogens with zero attached hydrogens (tertiary/aromatic N) is 2. The standard InChI is InChI=1S/C13H9Cl2N3O2.2C2H4O2.Co/c14-10-5-9(12(19)11(15)6-10)7-17-18-13(20)8-1-3-16-4-2-8;2*1-2(3)4;/h1-7,19H,(H,18,20);2*1H3,(H,3,4);/q;;;+2/p-2/b17-7+;;;. The van der Waals surface area contributed by atoms with E-state index in [-0.39, 0.29) is 27.6 Å². The average Bonchev–Trinajstić information content (AvgIpc) is 2.58. The summed E-state index contributed by atoms with van der Waals surface area (Å²) in [5.74, 6) is -2.71. The Bertz CT molecular complexity index is 831. The van der Waals surface area contributed by atoms with Crippen molar-refractivity contribution in [1.29, 1.82) is 0 Å². The number of hydrogen-bond acceptors (Lipinski definition) is 8. The van der Waals surface area contributed by atoms with Crippen LogP contribution in [-0.4, -0.2) is 34.2 Å². The van der Waals surface area contributed by atoms with Crippen molar-refractivity contribution in [2.24, 2.45) is 5.10 Å². The summed E-state index contributed by atoms with van der Waals surface area (Å²) in [4.78, 5) is 33.3. The number of amides is 1. The largest absolute Gasteiger partial charge is 2.00 e. The molecule has 1 heterocycles. The molecule has 2 rings (SSSR count). The molecular weight excluding hydrogens is 472 g/mol. The molecule has 29 heavy (non-hydrogen) atoms. The molecule has 12 heteroatoms. The zero-order chi connectivity index (χ0) is 21.7. The normalized spacial score (nSPS) is 9.10. The second kappa shape index (κ2) is 15.3. The second-order valence-corrected chi connectivity index (χ2v) is 5.59. The van der Waals surface area contributed by atoms with E-state index in [1.54, 1.807) is 12.1 Å². The van der Waals surface area contributed by atoms with Crippen molar-refractivity contribution in [3.63, 3.8) is 0 Å². The maximum Gasteiger partial charge on any atom is 2.00 e. The molecule has 1 amide bonds. The quantitative estimate of drug-likeness (QED) is 0.468. The van der Waals surface area contributed by atoms with Crippen LogP contribution in [0.3, 0.4) is 0 Å². The molecule has 0 atom stereocenters. The summed E-state index contributed by atoms with van der Waals surface area (Å²) >= 11 is 11.6. The van der Waals surface area contributed by atoms with Crippen LogP contribution >= 0.6 is 23.2 Å². The fourth-order valence-electron chi connectivity index (χ4n) is 1.41. The number of aliphatic carboxylic acids is 2. The Kier molecular flexibility index (Phi) is 15.0. The van der Waals surface area contributed by atoms with Gasteiger partial charge >= 0.3 is 16.8 Å². The molecular formula is C17H15Cl2CoN3O6. The van der Waals surface area contributed by atoms with Crippen molar-refractivity contribution >= 4 is 47.3 Å². The van der Waals surface area contributed by atoms with E-state index in [4.69, 9.17) is 43.0 Å². The minimum atomic E-state index is -1.08. The first-order chi connectivity index (χ1) is 13.0. The van der Waals surface area contributed by atoms with Crippen LogP contribution in [0.25, 0.3) is 0 Å². The van der Waals surface area contributed by atoms with Gasteiger partial charge in [-0.3, -0.25) is 9.78 Å². The third kappa shape index (κ3) is 14.1. The van der Waals surface area contributed by atoms with Crippen LogP contribution in [0, 0.1) is 0 Å². The molecule has 0 spiro atoms. The number of halogens is 2. The molecule has 1 radical (unpaired) electrons. The monoisotopic (exact) mass is 486 g/mol. The van der Waals surface area contributed by atoms with Gasteiger partial charge in [0.2, 0.25) is 0 Å². The molecule has 2 aromatic rings. The van der Waals surface area contributed by atoms with E-state index in [1.165, 1.54) is 30.7 Å². The molecule has 9 nitrogen and oxygen atoms in total. The first kappa shape index (κ1) is 28.5. The molecule has 0 aliphatic carbocycles. The number of rotatable bonds is 3. The smallest absolute Gasteiger partial charge is 0.550 e. The molecule has 2 N–H and O–H groups in total. The Hall–Kier alpha value is -2.66. The number of pyridine rings is 1. The predicted molar refractivity (Wildman–Crippen MR) is 98.8 cm³/mol. The number of aromatic nitrogens is 1. The summed E-state index contributed by atoms with van der Waals surface area (Å²) in [5, 5.41) is 31.7.